The van der Waals surface area contributed by atoms with Crippen LogP contribution >= 0.6 is 0 Å². The third-order valence-corrected chi connectivity index (χ3v) is 2.80. The summed E-state index contributed by atoms with van der Waals surface area (Å²) in [5, 5.41) is 12.3. The molecule has 0 amide bonds. The lowest BCUT2D eigenvalue weighted by Gasteiger charge is -2.14. The molecule has 0 saturated heterocycles. The Labute approximate surface area is 109 Å². The van der Waals surface area contributed by atoms with Gasteiger partial charge in [0.05, 0.1) is 12.7 Å². The standard InChI is InChI=1S/C14H20N2O2/c1-11(6-7-17-2)16-10-12-4-5-13(9-15)14(8-12)18-3/h4-5,8,11,16H,6-7,10H2,1-3H3. The maximum absolute atomic E-state index is 8.90. The van der Waals surface area contributed by atoms with E-state index in [9.17, 15) is 0 Å². The zero-order valence-electron chi connectivity index (χ0n) is 11.2. The van der Waals surface area contributed by atoms with Crippen LogP contribution < -0.4 is 10.1 Å². The van der Waals surface area contributed by atoms with Gasteiger partial charge in [0.15, 0.2) is 0 Å². The van der Waals surface area contributed by atoms with E-state index in [1.807, 2.05) is 12.1 Å². The largest absolute Gasteiger partial charge is 0.495 e. The van der Waals surface area contributed by atoms with Gasteiger partial charge in [0.2, 0.25) is 0 Å². The van der Waals surface area contributed by atoms with E-state index in [2.05, 4.69) is 18.3 Å². The molecule has 0 spiro atoms. The number of nitriles is 1. The van der Waals surface area contributed by atoms with Crippen LogP contribution in [0.2, 0.25) is 0 Å². The van der Waals surface area contributed by atoms with E-state index < -0.39 is 0 Å². The number of hydrogen-bond donors (Lipinski definition) is 1. The number of ether oxygens (including phenoxy) is 2. The summed E-state index contributed by atoms with van der Waals surface area (Å²) < 4.78 is 10.2. The zero-order chi connectivity index (χ0) is 13.4. The Morgan fingerprint density at radius 2 is 2.17 bits per heavy atom. The van der Waals surface area contributed by atoms with Crippen LogP contribution in [0.15, 0.2) is 18.2 Å². The van der Waals surface area contributed by atoms with Crippen molar-refractivity contribution in [1.82, 2.24) is 5.32 Å². The van der Waals surface area contributed by atoms with Crippen LogP contribution in [0.25, 0.3) is 0 Å². The van der Waals surface area contributed by atoms with E-state index in [1.54, 1.807) is 20.3 Å². The lowest BCUT2D eigenvalue weighted by Crippen LogP contribution is -2.26. The van der Waals surface area contributed by atoms with Gasteiger partial charge in [-0.2, -0.15) is 5.26 Å². The highest BCUT2D eigenvalue weighted by Crippen LogP contribution is 2.19. The summed E-state index contributed by atoms with van der Waals surface area (Å²) in [5.74, 6) is 0.626. The third kappa shape index (κ3) is 4.36. The Kier molecular flexibility index (Phi) is 6.20. The lowest BCUT2D eigenvalue weighted by atomic mass is 10.1. The normalized spacial score (nSPS) is 11.9. The van der Waals surface area contributed by atoms with Crippen LogP contribution in [0, 0.1) is 11.3 Å². The summed E-state index contributed by atoms with van der Waals surface area (Å²) in [4.78, 5) is 0. The second-order valence-electron chi connectivity index (χ2n) is 4.21. The van der Waals surface area contributed by atoms with E-state index in [0.717, 1.165) is 25.1 Å². The highest BCUT2D eigenvalue weighted by molar-refractivity contribution is 5.45. The molecule has 0 saturated carbocycles. The summed E-state index contributed by atoms with van der Waals surface area (Å²) in [6.07, 6.45) is 0.976. The molecule has 0 radical (unpaired) electrons. The molecule has 0 bridgehead atoms. The minimum absolute atomic E-state index is 0.395. The molecular formula is C14H20N2O2. The molecule has 1 rings (SSSR count). The SMILES string of the molecule is COCCC(C)NCc1ccc(C#N)c(OC)c1. The molecule has 1 aromatic carbocycles. The van der Waals surface area contributed by atoms with Gasteiger partial charge in [-0.25, -0.2) is 0 Å². The monoisotopic (exact) mass is 248 g/mol. The van der Waals surface area contributed by atoms with Gasteiger partial charge in [0, 0.05) is 26.3 Å². The Morgan fingerprint density at radius 1 is 1.39 bits per heavy atom. The van der Waals surface area contributed by atoms with Crippen LogP contribution in [-0.2, 0) is 11.3 Å². The van der Waals surface area contributed by atoms with Crippen molar-refractivity contribution in [2.75, 3.05) is 20.8 Å². The molecule has 1 aromatic rings. The first kappa shape index (κ1) is 14.5. The maximum Gasteiger partial charge on any atom is 0.136 e. The molecule has 0 fully saturated rings. The van der Waals surface area contributed by atoms with Gasteiger partial charge in [-0.05, 0) is 31.0 Å². The second-order valence-corrected chi connectivity index (χ2v) is 4.21. The fraction of sp³-hybridized carbons (Fsp3) is 0.500. The van der Waals surface area contributed by atoms with E-state index in [-0.39, 0.29) is 0 Å². The highest BCUT2D eigenvalue weighted by Gasteiger charge is 2.05. The number of benzene rings is 1. The molecular weight excluding hydrogens is 228 g/mol. The first-order valence-electron chi connectivity index (χ1n) is 6.00. The lowest BCUT2D eigenvalue weighted by molar-refractivity contribution is 0.184. The topological polar surface area (TPSA) is 54.3 Å². The molecule has 1 atom stereocenters. The first-order valence-corrected chi connectivity index (χ1v) is 6.00. The number of nitrogens with zero attached hydrogens (tertiary/aromatic N) is 1. The number of rotatable bonds is 7. The average Bonchev–Trinajstić information content (AvgIpc) is 2.42. The van der Waals surface area contributed by atoms with Crippen molar-refractivity contribution in [1.29, 1.82) is 5.26 Å². The van der Waals surface area contributed by atoms with Gasteiger partial charge in [0.1, 0.15) is 11.8 Å². The van der Waals surface area contributed by atoms with Crippen molar-refractivity contribution < 1.29 is 9.47 Å². The van der Waals surface area contributed by atoms with Crippen molar-refractivity contribution in [2.45, 2.75) is 25.9 Å². The average molecular weight is 248 g/mol. The number of hydrogen-bond acceptors (Lipinski definition) is 4. The minimum Gasteiger partial charge on any atom is -0.495 e. The summed E-state index contributed by atoms with van der Waals surface area (Å²) >= 11 is 0. The summed E-state index contributed by atoms with van der Waals surface area (Å²) in [7, 11) is 3.28. The second kappa shape index (κ2) is 7.70. The first-order chi connectivity index (χ1) is 8.71. The number of nitrogens with one attached hydrogen (secondary N) is 1. The minimum atomic E-state index is 0.395. The van der Waals surface area contributed by atoms with Crippen LogP contribution in [0.1, 0.15) is 24.5 Å². The summed E-state index contributed by atoms with van der Waals surface area (Å²) in [6.45, 7) is 3.64. The van der Waals surface area contributed by atoms with E-state index >= 15 is 0 Å². The molecule has 4 nitrogen and oxygen atoms in total. The summed E-state index contributed by atoms with van der Waals surface area (Å²) in [6, 6.07) is 8.13. The maximum atomic E-state index is 8.90. The van der Waals surface area contributed by atoms with E-state index in [1.165, 1.54) is 0 Å². The van der Waals surface area contributed by atoms with Gasteiger partial charge in [-0.3, -0.25) is 0 Å². The molecule has 0 aliphatic heterocycles. The van der Waals surface area contributed by atoms with Crippen molar-refractivity contribution in [2.24, 2.45) is 0 Å². The molecule has 0 aliphatic rings. The fourth-order valence-electron chi connectivity index (χ4n) is 1.63. The Balaban J connectivity index is 2.55. The van der Waals surface area contributed by atoms with Gasteiger partial charge >= 0.3 is 0 Å². The highest BCUT2D eigenvalue weighted by atomic mass is 16.5. The van der Waals surface area contributed by atoms with Crippen LogP contribution in [0.3, 0.4) is 0 Å². The van der Waals surface area contributed by atoms with Gasteiger partial charge in [-0.15, -0.1) is 0 Å². The van der Waals surface area contributed by atoms with Crippen molar-refractivity contribution in [3.63, 3.8) is 0 Å². The van der Waals surface area contributed by atoms with Crippen LogP contribution in [0.5, 0.6) is 5.75 Å². The van der Waals surface area contributed by atoms with Crippen LogP contribution in [0.4, 0.5) is 0 Å². The zero-order valence-corrected chi connectivity index (χ0v) is 11.2. The number of methoxy groups -OCH3 is 2. The predicted octanol–water partition coefficient (Wildman–Crippen LogP) is 2.08. The predicted molar refractivity (Wildman–Crippen MR) is 70.5 cm³/mol. The fourth-order valence-corrected chi connectivity index (χ4v) is 1.63. The Bertz CT molecular complexity index is 413. The molecule has 18 heavy (non-hydrogen) atoms. The quantitative estimate of drug-likeness (QED) is 0.802. The van der Waals surface area contributed by atoms with E-state index in [4.69, 9.17) is 14.7 Å². The molecule has 0 heterocycles. The Hall–Kier alpha value is -1.57. The summed E-state index contributed by atoms with van der Waals surface area (Å²) in [5.41, 5.74) is 1.67. The van der Waals surface area contributed by atoms with Gasteiger partial charge in [0.25, 0.3) is 0 Å². The molecule has 0 aliphatic carbocycles. The van der Waals surface area contributed by atoms with E-state index in [0.29, 0.717) is 17.4 Å². The molecule has 1 unspecified atom stereocenters. The molecule has 0 aromatic heterocycles. The van der Waals surface area contributed by atoms with Crippen LogP contribution in [-0.4, -0.2) is 26.9 Å². The van der Waals surface area contributed by atoms with Crippen molar-refractivity contribution in [3.05, 3.63) is 29.3 Å². The van der Waals surface area contributed by atoms with Gasteiger partial charge in [-0.1, -0.05) is 6.07 Å². The Morgan fingerprint density at radius 3 is 2.78 bits per heavy atom. The smallest absolute Gasteiger partial charge is 0.136 e. The van der Waals surface area contributed by atoms with Crippen molar-refractivity contribution >= 4 is 0 Å². The molecule has 4 heteroatoms. The van der Waals surface area contributed by atoms with Gasteiger partial charge < -0.3 is 14.8 Å². The molecule has 1 N–H and O–H groups in total. The molecule has 98 valence electrons. The van der Waals surface area contributed by atoms with Crippen molar-refractivity contribution in [3.8, 4) is 11.8 Å². The third-order valence-electron chi connectivity index (χ3n) is 2.80.